The van der Waals surface area contributed by atoms with Crippen molar-refractivity contribution in [1.29, 1.82) is 0 Å². The molecule has 1 heterocycles. The van der Waals surface area contributed by atoms with Gasteiger partial charge in [-0.15, -0.1) is 0 Å². The van der Waals surface area contributed by atoms with E-state index in [-0.39, 0.29) is 25.2 Å². The first-order chi connectivity index (χ1) is 10.8. The van der Waals surface area contributed by atoms with Gasteiger partial charge in [-0.3, -0.25) is 0 Å². The topological polar surface area (TPSA) is 87.7 Å². The highest BCUT2D eigenvalue weighted by Gasteiger charge is 2.26. The van der Waals surface area contributed by atoms with E-state index in [9.17, 15) is 13.2 Å². The van der Waals surface area contributed by atoms with E-state index in [1.807, 2.05) is 6.92 Å². The van der Waals surface area contributed by atoms with Crippen molar-refractivity contribution < 1.29 is 17.9 Å². The number of nitrogens with one attached hydrogen (secondary N) is 2. The van der Waals surface area contributed by atoms with Crippen molar-refractivity contribution in [2.24, 2.45) is 0 Å². The summed E-state index contributed by atoms with van der Waals surface area (Å²) in [6.07, 6.45) is 0.800. The molecule has 1 atom stereocenters. The average molecular weight is 362 g/mol. The predicted molar refractivity (Wildman–Crippen MR) is 89.4 cm³/mol. The number of hydrogen-bond donors (Lipinski definition) is 2. The van der Waals surface area contributed by atoms with Gasteiger partial charge in [-0.05, 0) is 30.7 Å². The van der Waals surface area contributed by atoms with Crippen molar-refractivity contribution in [1.82, 2.24) is 9.62 Å². The zero-order valence-corrected chi connectivity index (χ0v) is 14.6. The lowest BCUT2D eigenvalue weighted by atomic mass is 10.2. The largest absolute Gasteiger partial charge is 0.374 e. The SMILES string of the molecule is Cc1cc(Cl)ccc1NC(=O)NC[C@H]1CN(S(C)(=O)=O)CCO1. The summed E-state index contributed by atoms with van der Waals surface area (Å²) in [5.74, 6) is 0. The van der Waals surface area contributed by atoms with Crippen LogP contribution >= 0.6 is 11.6 Å². The molecule has 128 valence electrons. The third kappa shape index (κ3) is 5.35. The van der Waals surface area contributed by atoms with Gasteiger partial charge in [0.05, 0.1) is 19.0 Å². The highest BCUT2D eigenvalue weighted by molar-refractivity contribution is 7.88. The van der Waals surface area contributed by atoms with E-state index in [1.54, 1.807) is 18.2 Å². The average Bonchev–Trinajstić information content (AvgIpc) is 2.47. The summed E-state index contributed by atoms with van der Waals surface area (Å²) in [6.45, 7) is 2.96. The van der Waals surface area contributed by atoms with Crippen molar-refractivity contribution in [3.8, 4) is 0 Å². The Balaban J connectivity index is 1.84. The second-order valence-electron chi connectivity index (χ2n) is 5.41. The minimum Gasteiger partial charge on any atom is -0.374 e. The summed E-state index contributed by atoms with van der Waals surface area (Å²) in [7, 11) is -3.24. The molecule has 0 aliphatic carbocycles. The van der Waals surface area contributed by atoms with Gasteiger partial charge >= 0.3 is 6.03 Å². The minimum atomic E-state index is -3.24. The number of hydrogen-bond acceptors (Lipinski definition) is 4. The molecule has 1 aromatic carbocycles. The Hall–Kier alpha value is -1.35. The first-order valence-corrected chi connectivity index (χ1v) is 9.36. The van der Waals surface area contributed by atoms with Gasteiger partial charge in [0.2, 0.25) is 10.0 Å². The number of urea groups is 1. The van der Waals surface area contributed by atoms with Crippen LogP contribution in [0.5, 0.6) is 0 Å². The summed E-state index contributed by atoms with van der Waals surface area (Å²) in [4.78, 5) is 11.9. The summed E-state index contributed by atoms with van der Waals surface area (Å²) < 4.78 is 29.9. The first-order valence-electron chi connectivity index (χ1n) is 7.13. The smallest absolute Gasteiger partial charge is 0.319 e. The van der Waals surface area contributed by atoms with E-state index in [0.29, 0.717) is 23.9 Å². The van der Waals surface area contributed by atoms with Crippen molar-refractivity contribution in [3.63, 3.8) is 0 Å². The van der Waals surface area contributed by atoms with E-state index in [2.05, 4.69) is 10.6 Å². The molecule has 1 aliphatic rings. The number of carbonyl (C=O) groups is 1. The Morgan fingerprint density at radius 3 is 2.87 bits per heavy atom. The fourth-order valence-electron chi connectivity index (χ4n) is 2.26. The molecule has 23 heavy (non-hydrogen) atoms. The van der Waals surface area contributed by atoms with Gasteiger partial charge in [0.25, 0.3) is 0 Å². The second kappa shape index (κ2) is 7.48. The van der Waals surface area contributed by atoms with Gasteiger partial charge in [-0.1, -0.05) is 11.6 Å². The van der Waals surface area contributed by atoms with E-state index >= 15 is 0 Å². The molecule has 0 spiro atoms. The van der Waals surface area contributed by atoms with Crippen molar-refractivity contribution in [2.75, 3.05) is 37.8 Å². The highest BCUT2D eigenvalue weighted by Crippen LogP contribution is 2.19. The van der Waals surface area contributed by atoms with Crippen LogP contribution in [0.3, 0.4) is 0 Å². The van der Waals surface area contributed by atoms with E-state index in [1.165, 1.54) is 10.6 Å². The maximum absolute atomic E-state index is 11.9. The molecule has 9 heteroatoms. The number of aryl methyl sites for hydroxylation is 1. The molecule has 0 unspecified atom stereocenters. The summed E-state index contributed by atoms with van der Waals surface area (Å²) in [6, 6.07) is 4.79. The van der Waals surface area contributed by atoms with Gasteiger partial charge in [0, 0.05) is 30.3 Å². The number of morpholine rings is 1. The van der Waals surface area contributed by atoms with Crippen LogP contribution in [0.1, 0.15) is 5.56 Å². The van der Waals surface area contributed by atoms with Gasteiger partial charge in [-0.2, -0.15) is 4.31 Å². The quantitative estimate of drug-likeness (QED) is 0.849. The van der Waals surface area contributed by atoms with Gasteiger partial charge in [0.15, 0.2) is 0 Å². The molecule has 0 aromatic heterocycles. The molecule has 0 bridgehead atoms. The number of carbonyl (C=O) groups excluding carboxylic acids is 1. The molecule has 1 fully saturated rings. The lowest BCUT2D eigenvalue weighted by Crippen LogP contribution is -2.49. The fraction of sp³-hybridized carbons (Fsp3) is 0.500. The third-order valence-corrected chi connectivity index (χ3v) is 5.00. The highest BCUT2D eigenvalue weighted by atomic mass is 35.5. The van der Waals surface area contributed by atoms with Crippen LogP contribution in [0, 0.1) is 6.92 Å². The minimum absolute atomic E-state index is 0.227. The Bertz CT molecular complexity index is 681. The van der Waals surface area contributed by atoms with Crippen LogP contribution in [0.4, 0.5) is 10.5 Å². The summed E-state index contributed by atoms with van der Waals surface area (Å²) in [5, 5.41) is 6.01. The Labute approximate surface area is 141 Å². The molecule has 7 nitrogen and oxygen atoms in total. The molecule has 2 amide bonds. The van der Waals surface area contributed by atoms with Crippen molar-refractivity contribution in [3.05, 3.63) is 28.8 Å². The van der Waals surface area contributed by atoms with Crippen LogP contribution in [0.25, 0.3) is 0 Å². The number of benzene rings is 1. The molecular weight excluding hydrogens is 342 g/mol. The number of ether oxygens (including phenoxy) is 1. The maximum Gasteiger partial charge on any atom is 0.319 e. The van der Waals surface area contributed by atoms with Crippen LogP contribution in [0.15, 0.2) is 18.2 Å². The normalized spacial score (nSPS) is 19.3. The lowest BCUT2D eigenvalue weighted by Gasteiger charge is -2.31. The molecule has 1 aromatic rings. The monoisotopic (exact) mass is 361 g/mol. The van der Waals surface area contributed by atoms with Crippen LogP contribution in [-0.2, 0) is 14.8 Å². The zero-order valence-electron chi connectivity index (χ0n) is 13.0. The van der Waals surface area contributed by atoms with Gasteiger partial charge < -0.3 is 15.4 Å². The van der Waals surface area contributed by atoms with Crippen LogP contribution < -0.4 is 10.6 Å². The molecule has 1 aliphatic heterocycles. The number of halogens is 1. The van der Waals surface area contributed by atoms with Crippen LogP contribution in [-0.4, -0.2) is 57.4 Å². The fourth-order valence-corrected chi connectivity index (χ4v) is 3.33. The predicted octanol–water partition coefficient (Wildman–Crippen LogP) is 1.43. The Morgan fingerprint density at radius 2 is 2.22 bits per heavy atom. The number of anilines is 1. The van der Waals surface area contributed by atoms with Gasteiger partial charge in [-0.25, -0.2) is 13.2 Å². The molecule has 1 saturated heterocycles. The standard InChI is InChI=1S/C14H20ClN3O4S/c1-10-7-11(15)3-4-13(10)17-14(19)16-8-12-9-18(5-6-22-12)23(2,20)21/h3-4,7,12H,5-6,8-9H2,1-2H3,(H2,16,17,19)/t12-/m0/s1. The van der Waals surface area contributed by atoms with E-state index < -0.39 is 10.0 Å². The summed E-state index contributed by atoms with van der Waals surface area (Å²) >= 11 is 5.87. The summed E-state index contributed by atoms with van der Waals surface area (Å²) in [5.41, 5.74) is 1.51. The van der Waals surface area contributed by atoms with Gasteiger partial charge in [0.1, 0.15) is 0 Å². The third-order valence-electron chi connectivity index (χ3n) is 3.50. The first kappa shape index (κ1) is 18.0. The van der Waals surface area contributed by atoms with Crippen LogP contribution in [0.2, 0.25) is 5.02 Å². The molecule has 0 saturated carbocycles. The Morgan fingerprint density at radius 1 is 1.48 bits per heavy atom. The number of sulfonamides is 1. The van der Waals surface area contributed by atoms with Crippen molar-refractivity contribution in [2.45, 2.75) is 13.0 Å². The van der Waals surface area contributed by atoms with E-state index in [0.717, 1.165) is 5.56 Å². The number of nitrogens with zero attached hydrogens (tertiary/aromatic N) is 1. The molecule has 0 radical (unpaired) electrons. The lowest BCUT2D eigenvalue weighted by molar-refractivity contribution is 0.00167. The Kier molecular flexibility index (Phi) is 5.85. The molecule has 2 N–H and O–H groups in total. The second-order valence-corrected chi connectivity index (χ2v) is 7.83. The number of amides is 2. The zero-order chi connectivity index (χ0) is 17.0. The molecular formula is C14H20ClN3O4S. The molecule has 2 rings (SSSR count). The maximum atomic E-state index is 11.9. The van der Waals surface area contributed by atoms with E-state index in [4.69, 9.17) is 16.3 Å². The van der Waals surface area contributed by atoms with Crippen molar-refractivity contribution >= 4 is 33.3 Å². The number of rotatable bonds is 4.